The summed E-state index contributed by atoms with van der Waals surface area (Å²) in [5.74, 6) is -2.29. The summed E-state index contributed by atoms with van der Waals surface area (Å²) >= 11 is 0. The Bertz CT molecular complexity index is 206. The van der Waals surface area contributed by atoms with Gasteiger partial charge in [-0.15, -0.1) is 4.91 Å². The molecule has 1 saturated carbocycles. The number of aliphatic carboxylic acids is 1. The van der Waals surface area contributed by atoms with Gasteiger partial charge in [0.05, 0.1) is 0 Å². The molecule has 0 spiro atoms. The van der Waals surface area contributed by atoms with E-state index in [0.29, 0.717) is 0 Å². The van der Waals surface area contributed by atoms with Crippen LogP contribution < -0.4 is 0 Å². The van der Waals surface area contributed by atoms with Gasteiger partial charge >= 0.3 is 11.9 Å². The fourth-order valence-electron chi connectivity index (χ4n) is 0.732. The summed E-state index contributed by atoms with van der Waals surface area (Å²) in [5.41, 5.74) is -1.44. The Morgan fingerprint density at radius 1 is 1.40 bits per heavy atom. The van der Waals surface area contributed by atoms with E-state index in [-0.39, 0.29) is 12.8 Å². The maximum Gasteiger partial charge on any atom is 0.319 e. The second-order valence-corrected chi connectivity index (χ2v) is 2.28. The maximum absolute atomic E-state index is 10.5. The number of hydrogen-bond acceptors (Lipinski definition) is 3. The zero-order valence-corrected chi connectivity index (χ0v) is 5.03. The molecule has 0 unspecified atom stereocenters. The van der Waals surface area contributed by atoms with Gasteiger partial charge < -0.3 is 5.11 Å². The number of hydrogen-bond donors (Lipinski definition) is 1. The van der Waals surface area contributed by atoms with E-state index in [0.717, 1.165) is 0 Å². The molecule has 5 heteroatoms. The number of carbonyl (C=O) groups is 2. The van der Waals surface area contributed by atoms with Gasteiger partial charge in [0, 0.05) is 5.18 Å². The maximum atomic E-state index is 10.5. The standard InChI is InChI=1S/C5H5NO4/c7-3(6-10)5(1-2-5)4(8)9/h1-2H2,(H,8,9). The third-order valence-corrected chi connectivity index (χ3v) is 1.65. The second kappa shape index (κ2) is 1.86. The quantitative estimate of drug-likeness (QED) is 0.440. The average Bonchev–Trinajstić information content (AvgIpc) is 2.65. The van der Waals surface area contributed by atoms with Crippen molar-refractivity contribution in [3.8, 4) is 0 Å². The van der Waals surface area contributed by atoms with Crippen LogP contribution in [0.15, 0.2) is 5.18 Å². The molecule has 0 atom stereocenters. The fraction of sp³-hybridized carbons (Fsp3) is 0.600. The third-order valence-electron chi connectivity index (χ3n) is 1.65. The number of carbonyl (C=O) groups excluding carboxylic acids is 1. The highest BCUT2D eigenvalue weighted by Gasteiger charge is 2.58. The Balaban J connectivity index is 2.79. The van der Waals surface area contributed by atoms with Crippen molar-refractivity contribution in [2.24, 2.45) is 10.6 Å². The molecule has 0 aliphatic heterocycles. The van der Waals surface area contributed by atoms with Crippen molar-refractivity contribution in [2.45, 2.75) is 12.8 Å². The molecule has 0 aromatic rings. The van der Waals surface area contributed by atoms with Crippen LogP contribution in [0.25, 0.3) is 0 Å². The van der Waals surface area contributed by atoms with Crippen LogP contribution in [0, 0.1) is 10.3 Å². The second-order valence-electron chi connectivity index (χ2n) is 2.28. The van der Waals surface area contributed by atoms with Crippen molar-refractivity contribution in [3.05, 3.63) is 4.91 Å². The monoisotopic (exact) mass is 143 g/mol. The number of rotatable bonds is 2. The van der Waals surface area contributed by atoms with Crippen molar-refractivity contribution in [2.75, 3.05) is 0 Å². The highest BCUT2D eigenvalue weighted by Crippen LogP contribution is 2.46. The molecule has 1 aliphatic carbocycles. The number of nitrogens with zero attached hydrogens (tertiary/aromatic N) is 1. The minimum absolute atomic E-state index is 0.243. The molecule has 1 aliphatic rings. The molecular formula is C5H5NO4. The van der Waals surface area contributed by atoms with Crippen LogP contribution in [0.1, 0.15) is 12.8 Å². The van der Waals surface area contributed by atoms with E-state index in [1.165, 1.54) is 0 Å². The minimum atomic E-state index is -1.44. The van der Waals surface area contributed by atoms with Crippen molar-refractivity contribution < 1.29 is 14.7 Å². The number of carboxylic acids is 1. The lowest BCUT2D eigenvalue weighted by atomic mass is 10.1. The van der Waals surface area contributed by atoms with E-state index in [1.54, 1.807) is 0 Å². The summed E-state index contributed by atoms with van der Waals surface area (Å²) < 4.78 is 0. The zero-order chi connectivity index (χ0) is 7.78. The molecule has 0 aromatic carbocycles. The van der Waals surface area contributed by atoms with Gasteiger partial charge in [0.2, 0.25) is 0 Å². The molecule has 1 amide bonds. The summed E-state index contributed by atoms with van der Waals surface area (Å²) in [6.07, 6.45) is 0.486. The highest BCUT2D eigenvalue weighted by molar-refractivity contribution is 6.05. The van der Waals surface area contributed by atoms with Crippen LogP contribution in [-0.4, -0.2) is 17.0 Å². The Morgan fingerprint density at radius 2 is 1.90 bits per heavy atom. The van der Waals surface area contributed by atoms with Crippen LogP contribution in [0.4, 0.5) is 0 Å². The Labute approximate surface area is 56.0 Å². The van der Waals surface area contributed by atoms with Crippen molar-refractivity contribution in [1.29, 1.82) is 0 Å². The first-order valence-electron chi connectivity index (χ1n) is 2.75. The topological polar surface area (TPSA) is 83.8 Å². The lowest BCUT2D eigenvalue weighted by Crippen LogP contribution is -2.23. The van der Waals surface area contributed by atoms with Gasteiger partial charge in [0.25, 0.3) is 0 Å². The molecule has 0 radical (unpaired) electrons. The summed E-state index contributed by atoms with van der Waals surface area (Å²) in [6, 6.07) is 0. The Hall–Kier alpha value is -1.26. The van der Waals surface area contributed by atoms with Gasteiger partial charge in [-0.2, -0.15) is 0 Å². The summed E-state index contributed by atoms with van der Waals surface area (Å²) in [5, 5.41) is 10.5. The first kappa shape index (κ1) is 6.85. The summed E-state index contributed by atoms with van der Waals surface area (Å²) in [4.78, 5) is 30.4. The molecular weight excluding hydrogens is 138 g/mol. The largest absolute Gasteiger partial charge is 0.480 e. The third kappa shape index (κ3) is 0.706. The number of carboxylic acid groups (broad SMARTS) is 1. The van der Waals surface area contributed by atoms with Gasteiger partial charge in [0.1, 0.15) is 0 Å². The predicted molar refractivity (Wildman–Crippen MR) is 30.1 cm³/mol. The molecule has 0 bridgehead atoms. The zero-order valence-electron chi connectivity index (χ0n) is 5.03. The van der Waals surface area contributed by atoms with Crippen molar-refractivity contribution in [3.63, 3.8) is 0 Å². The predicted octanol–water partition coefficient (Wildman–Crippen LogP) is 0.144. The lowest BCUT2D eigenvalue weighted by Gasteiger charge is -1.98. The Kier molecular flexibility index (Phi) is 1.28. The van der Waals surface area contributed by atoms with E-state index >= 15 is 0 Å². The van der Waals surface area contributed by atoms with Gasteiger partial charge in [-0.25, -0.2) is 0 Å². The van der Waals surface area contributed by atoms with Crippen LogP contribution in [-0.2, 0) is 9.59 Å². The number of amides is 1. The molecule has 1 N–H and O–H groups in total. The van der Waals surface area contributed by atoms with Crippen LogP contribution in [0.5, 0.6) is 0 Å². The van der Waals surface area contributed by atoms with E-state index in [9.17, 15) is 14.5 Å². The molecule has 54 valence electrons. The molecule has 0 heterocycles. The minimum Gasteiger partial charge on any atom is -0.480 e. The highest BCUT2D eigenvalue weighted by atomic mass is 16.4. The molecule has 0 aromatic heterocycles. The van der Waals surface area contributed by atoms with Crippen LogP contribution in [0.2, 0.25) is 0 Å². The summed E-state index contributed by atoms with van der Waals surface area (Å²) in [6.45, 7) is 0. The first-order valence-corrected chi connectivity index (χ1v) is 2.75. The Morgan fingerprint density at radius 3 is 2.00 bits per heavy atom. The molecule has 1 rings (SSSR count). The molecule has 10 heavy (non-hydrogen) atoms. The fourth-order valence-corrected chi connectivity index (χ4v) is 0.732. The van der Waals surface area contributed by atoms with Gasteiger partial charge in [-0.1, -0.05) is 0 Å². The average molecular weight is 143 g/mol. The molecule has 5 nitrogen and oxygen atoms in total. The van der Waals surface area contributed by atoms with Crippen molar-refractivity contribution in [1.82, 2.24) is 0 Å². The van der Waals surface area contributed by atoms with E-state index in [2.05, 4.69) is 5.18 Å². The molecule has 1 fully saturated rings. The van der Waals surface area contributed by atoms with E-state index in [1.807, 2.05) is 0 Å². The lowest BCUT2D eigenvalue weighted by molar-refractivity contribution is -0.147. The molecule has 0 saturated heterocycles. The van der Waals surface area contributed by atoms with E-state index < -0.39 is 17.3 Å². The van der Waals surface area contributed by atoms with Crippen molar-refractivity contribution >= 4 is 11.9 Å². The summed E-state index contributed by atoms with van der Waals surface area (Å²) in [7, 11) is 0. The van der Waals surface area contributed by atoms with Gasteiger partial charge in [0.15, 0.2) is 5.41 Å². The first-order chi connectivity index (χ1) is 4.63. The van der Waals surface area contributed by atoms with E-state index in [4.69, 9.17) is 5.11 Å². The van der Waals surface area contributed by atoms with Gasteiger partial charge in [-0.3, -0.25) is 9.59 Å². The smallest absolute Gasteiger partial charge is 0.319 e. The van der Waals surface area contributed by atoms with Crippen LogP contribution in [0.3, 0.4) is 0 Å². The van der Waals surface area contributed by atoms with Gasteiger partial charge in [-0.05, 0) is 12.8 Å². The normalized spacial score (nSPS) is 19.6. The van der Waals surface area contributed by atoms with Crippen LogP contribution >= 0.6 is 0 Å². The SMILES string of the molecule is O=NC(=O)C1(C(=O)O)CC1. The number of nitroso groups, excluding NO2 is 1.